The van der Waals surface area contributed by atoms with Crippen molar-refractivity contribution in [1.82, 2.24) is 4.98 Å². The Labute approximate surface area is 195 Å². The highest BCUT2D eigenvalue weighted by Crippen LogP contribution is 2.34. The van der Waals surface area contributed by atoms with E-state index in [1.54, 1.807) is 19.9 Å². The number of rotatable bonds is 8. The van der Waals surface area contributed by atoms with E-state index in [1.165, 1.54) is 6.07 Å². The fourth-order valence-corrected chi connectivity index (χ4v) is 3.46. The van der Waals surface area contributed by atoms with E-state index >= 15 is 0 Å². The lowest BCUT2D eigenvalue weighted by Crippen LogP contribution is -2.36. The molecule has 3 aromatic rings. The summed E-state index contributed by atoms with van der Waals surface area (Å²) in [5.41, 5.74) is 1.94. The summed E-state index contributed by atoms with van der Waals surface area (Å²) in [4.78, 5) is 17.3. The van der Waals surface area contributed by atoms with E-state index in [0.29, 0.717) is 12.1 Å². The summed E-state index contributed by atoms with van der Waals surface area (Å²) in [6, 6.07) is 17.6. The summed E-state index contributed by atoms with van der Waals surface area (Å²) in [7, 11) is 0. The van der Waals surface area contributed by atoms with Gasteiger partial charge >= 0.3 is 12.1 Å². The van der Waals surface area contributed by atoms with Crippen LogP contribution < -0.4 is 5.32 Å². The van der Waals surface area contributed by atoms with E-state index < -0.39 is 23.8 Å². The Kier molecular flexibility index (Phi) is 7.97. The maximum absolute atomic E-state index is 12.9. The Morgan fingerprint density at radius 2 is 1.73 bits per heavy atom. The van der Waals surface area contributed by atoms with Crippen molar-refractivity contribution < 1.29 is 22.7 Å². The quantitative estimate of drug-likeness (QED) is 0.376. The molecule has 1 atom stereocenters. The van der Waals surface area contributed by atoms with Gasteiger partial charge in [-0.25, -0.2) is 4.79 Å². The lowest BCUT2D eigenvalue weighted by atomic mass is 10.0. The molecule has 0 aliphatic rings. The van der Waals surface area contributed by atoms with Crippen molar-refractivity contribution in [3.8, 4) is 0 Å². The molecule has 0 spiro atoms. The topological polar surface area (TPSA) is 51.2 Å². The number of carbonyl (C=O) groups is 1. The molecule has 1 unspecified atom stereocenters. The maximum Gasteiger partial charge on any atom is 0.416 e. The van der Waals surface area contributed by atoms with Crippen LogP contribution in [-0.2, 0) is 28.7 Å². The van der Waals surface area contributed by atoms with Gasteiger partial charge in [0.15, 0.2) is 0 Å². The minimum atomic E-state index is -4.50. The molecule has 0 radical (unpaired) electrons. The minimum Gasteiger partial charge on any atom is -0.458 e. The molecule has 0 saturated carbocycles. The number of alkyl halides is 3. The summed E-state index contributed by atoms with van der Waals surface area (Å²) in [5.74, 6) is -0.746. The predicted octanol–water partition coefficient (Wildman–Crippen LogP) is 6.52. The van der Waals surface area contributed by atoms with Crippen molar-refractivity contribution in [3.05, 3.63) is 94.3 Å². The Hall–Kier alpha value is -3.06. The van der Waals surface area contributed by atoms with Gasteiger partial charge in [-0.05, 0) is 41.8 Å². The van der Waals surface area contributed by atoms with Crippen molar-refractivity contribution in [2.24, 2.45) is 5.92 Å². The molecule has 1 aromatic heterocycles. The number of esters is 1. The van der Waals surface area contributed by atoms with Gasteiger partial charge in [0.05, 0.1) is 22.0 Å². The summed E-state index contributed by atoms with van der Waals surface area (Å²) in [5, 5.41) is 2.78. The number of pyridine rings is 1. The second-order valence-electron chi connectivity index (χ2n) is 7.95. The molecule has 3 rings (SSSR count). The summed E-state index contributed by atoms with van der Waals surface area (Å²) in [6.07, 6.45) is -3.84. The van der Waals surface area contributed by atoms with Crippen molar-refractivity contribution in [2.75, 3.05) is 5.32 Å². The number of ether oxygens (including phenoxy) is 1. The largest absolute Gasteiger partial charge is 0.458 e. The molecular weight excluding hydrogens is 453 g/mol. The lowest BCUT2D eigenvalue weighted by molar-refractivity contribution is -0.147. The average molecular weight is 477 g/mol. The molecular formula is C25H24ClF3N2O2. The number of hydrogen-bond acceptors (Lipinski definition) is 4. The molecule has 0 bridgehead atoms. The molecule has 0 amide bonds. The Balaban J connectivity index is 1.65. The zero-order chi connectivity index (χ0) is 24.0. The van der Waals surface area contributed by atoms with E-state index in [-0.39, 0.29) is 23.2 Å². The number of halogens is 4. The van der Waals surface area contributed by atoms with Gasteiger partial charge in [0.2, 0.25) is 0 Å². The summed E-state index contributed by atoms with van der Waals surface area (Å²) in [6.45, 7) is 3.58. The normalized spacial score (nSPS) is 12.5. The van der Waals surface area contributed by atoms with Crippen LogP contribution in [0.1, 0.15) is 36.4 Å². The number of carbonyl (C=O) groups excluding carboxylic acids is 1. The Bertz CT molecular complexity index is 1090. The average Bonchev–Trinajstić information content (AvgIpc) is 2.76. The zero-order valence-electron chi connectivity index (χ0n) is 18.2. The molecule has 2 aromatic carbocycles. The number of anilines is 1. The van der Waals surface area contributed by atoms with Gasteiger partial charge in [-0.2, -0.15) is 13.2 Å². The van der Waals surface area contributed by atoms with Crippen LogP contribution in [-0.4, -0.2) is 17.0 Å². The number of nitrogens with one attached hydrogen (secondary N) is 1. The molecule has 8 heteroatoms. The number of hydrogen-bond donors (Lipinski definition) is 1. The third-order valence-corrected chi connectivity index (χ3v) is 5.30. The molecule has 33 heavy (non-hydrogen) atoms. The molecule has 1 heterocycles. The van der Waals surface area contributed by atoms with E-state index in [0.717, 1.165) is 23.4 Å². The Morgan fingerprint density at radius 1 is 1.03 bits per heavy atom. The Morgan fingerprint density at radius 3 is 2.36 bits per heavy atom. The van der Waals surface area contributed by atoms with Crippen LogP contribution in [0.5, 0.6) is 0 Å². The lowest BCUT2D eigenvalue weighted by Gasteiger charge is -2.23. The van der Waals surface area contributed by atoms with Gasteiger partial charge in [-0.3, -0.25) is 4.98 Å². The third-order valence-electron chi connectivity index (χ3n) is 4.98. The van der Waals surface area contributed by atoms with Crippen LogP contribution in [0, 0.1) is 5.92 Å². The molecule has 0 aliphatic heterocycles. The van der Waals surface area contributed by atoms with Gasteiger partial charge in [0.25, 0.3) is 0 Å². The number of aromatic nitrogens is 1. The fourth-order valence-electron chi connectivity index (χ4n) is 3.22. The first kappa shape index (κ1) is 24.6. The van der Waals surface area contributed by atoms with Crippen molar-refractivity contribution in [3.63, 3.8) is 0 Å². The smallest absolute Gasteiger partial charge is 0.416 e. The highest BCUT2D eigenvalue weighted by Gasteiger charge is 2.31. The van der Waals surface area contributed by atoms with Crippen LogP contribution in [0.25, 0.3) is 0 Å². The first-order chi connectivity index (χ1) is 15.6. The molecule has 174 valence electrons. The first-order valence-corrected chi connectivity index (χ1v) is 10.8. The molecule has 4 nitrogen and oxygen atoms in total. The highest BCUT2D eigenvalue weighted by molar-refractivity contribution is 6.33. The number of nitrogens with zero attached hydrogens (tertiary/aromatic N) is 1. The fraction of sp³-hybridized carbons (Fsp3) is 0.280. The van der Waals surface area contributed by atoms with Gasteiger partial charge in [0, 0.05) is 12.1 Å². The van der Waals surface area contributed by atoms with Crippen LogP contribution in [0.15, 0.2) is 66.7 Å². The van der Waals surface area contributed by atoms with Gasteiger partial charge < -0.3 is 10.1 Å². The van der Waals surface area contributed by atoms with Crippen LogP contribution in [0.3, 0.4) is 0 Å². The standard InChI is InChI=1S/C25H24ClF3N2O2/c1-16(2)23(31-22-12-11-18(14-21(22)26)25(27,28)29)24(32)33-15-20-10-6-9-19(30-20)13-17-7-4-3-5-8-17/h3-12,14,16,23,31H,13,15H2,1-2H3. The summed E-state index contributed by atoms with van der Waals surface area (Å²) < 4.78 is 44.1. The maximum atomic E-state index is 12.9. The second kappa shape index (κ2) is 10.7. The van der Waals surface area contributed by atoms with E-state index in [4.69, 9.17) is 16.3 Å². The molecule has 0 aliphatic carbocycles. The zero-order valence-corrected chi connectivity index (χ0v) is 19.0. The van der Waals surface area contributed by atoms with Crippen molar-refractivity contribution in [2.45, 2.75) is 39.1 Å². The van der Waals surface area contributed by atoms with Gasteiger partial charge in [-0.1, -0.05) is 61.8 Å². The molecule has 0 saturated heterocycles. The molecule has 1 N–H and O–H groups in total. The monoisotopic (exact) mass is 476 g/mol. The SMILES string of the molecule is CC(C)C(Nc1ccc(C(F)(F)F)cc1Cl)C(=O)OCc1cccc(Cc2ccccc2)n1. The van der Waals surface area contributed by atoms with Crippen LogP contribution >= 0.6 is 11.6 Å². The summed E-state index contributed by atoms with van der Waals surface area (Å²) >= 11 is 6.02. The van der Waals surface area contributed by atoms with Gasteiger partial charge in [-0.15, -0.1) is 0 Å². The van der Waals surface area contributed by atoms with Gasteiger partial charge in [0.1, 0.15) is 12.6 Å². The first-order valence-electron chi connectivity index (χ1n) is 10.4. The third kappa shape index (κ3) is 6.96. The van der Waals surface area contributed by atoms with E-state index in [2.05, 4.69) is 10.3 Å². The minimum absolute atomic E-state index is 0.0207. The van der Waals surface area contributed by atoms with Crippen LogP contribution in [0.2, 0.25) is 5.02 Å². The van der Waals surface area contributed by atoms with E-state index in [1.807, 2.05) is 42.5 Å². The predicted molar refractivity (Wildman–Crippen MR) is 122 cm³/mol. The molecule has 0 fully saturated rings. The number of benzene rings is 2. The van der Waals surface area contributed by atoms with E-state index in [9.17, 15) is 18.0 Å². The van der Waals surface area contributed by atoms with Crippen molar-refractivity contribution in [1.29, 1.82) is 0 Å². The second-order valence-corrected chi connectivity index (χ2v) is 8.36. The van der Waals surface area contributed by atoms with Crippen LogP contribution in [0.4, 0.5) is 18.9 Å². The van der Waals surface area contributed by atoms with Crippen molar-refractivity contribution >= 4 is 23.3 Å². The highest BCUT2D eigenvalue weighted by atomic mass is 35.5.